The van der Waals surface area contributed by atoms with Crippen LogP contribution in [0.2, 0.25) is 0 Å². The van der Waals surface area contributed by atoms with Gasteiger partial charge in [-0.3, -0.25) is 19.3 Å². The minimum absolute atomic E-state index is 0.146. The molecule has 3 unspecified atom stereocenters. The van der Waals surface area contributed by atoms with Gasteiger partial charge in [0.1, 0.15) is 11.9 Å². The van der Waals surface area contributed by atoms with Crippen LogP contribution in [0.5, 0.6) is 0 Å². The third-order valence-corrected chi connectivity index (χ3v) is 6.26. The second-order valence-electron chi connectivity index (χ2n) is 7.19. The van der Waals surface area contributed by atoms with E-state index in [4.69, 9.17) is 0 Å². The third-order valence-electron chi connectivity index (χ3n) is 5.61. The number of fused-ring (bicyclic) bond motifs is 1. The molecule has 0 spiro atoms. The summed E-state index contributed by atoms with van der Waals surface area (Å²) in [4.78, 5) is 41.5. The van der Waals surface area contributed by atoms with Crippen LogP contribution in [-0.4, -0.2) is 47.7 Å². The SMILES string of the molecule is CSCCC(C(=O)N(C)c1ccccc1F)N1C(=O)C2CCCCC2C1=O. The quantitative estimate of drug-likeness (QED) is 0.698. The molecule has 27 heavy (non-hydrogen) atoms. The van der Waals surface area contributed by atoms with Crippen molar-refractivity contribution >= 4 is 35.2 Å². The van der Waals surface area contributed by atoms with Crippen molar-refractivity contribution in [3.05, 3.63) is 30.1 Å². The number of hydrogen-bond acceptors (Lipinski definition) is 4. The molecule has 5 nitrogen and oxygen atoms in total. The van der Waals surface area contributed by atoms with Crippen LogP contribution in [0, 0.1) is 17.7 Å². The second-order valence-corrected chi connectivity index (χ2v) is 8.18. The van der Waals surface area contributed by atoms with E-state index >= 15 is 0 Å². The van der Waals surface area contributed by atoms with Crippen LogP contribution in [0.15, 0.2) is 24.3 Å². The number of imide groups is 1. The number of benzene rings is 1. The van der Waals surface area contributed by atoms with E-state index in [-0.39, 0.29) is 29.3 Å². The van der Waals surface area contributed by atoms with E-state index in [2.05, 4.69) is 0 Å². The van der Waals surface area contributed by atoms with E-state index < -0.39 is 17.8 Å². The molecule has 7 heteroatoms. The average molecular weight is 392 g/mol. The molecule has 1 saturated heterocycles. The van der Waals surface area contributed by atoms with Crippen LogP contribution in [-0.2, 0) is 14.4 Å². The van der Waals surface area contributed by atoms with Gasteiger partial charge in [-0.15, -0.1) is 0 Å². The average Bonchev–Trinajstić information content (AvgIpc) is 2.93. The Balaban J connectivity index is 1.89. The predicted molar refractivity (Wildman–Crippen MR) is 104 cm³/mol. The highest BCUT2D eigenvalue weighted by molar-refractivity contribution is 7.98. The number of anilines is 1. The maximum Gasteiger partial charge on any atom is 0.250 e. The number of likely N-dealkylation sites (N-methyl/N-ethyl adjacent to an activating group) is 1. The number of amides is 3. The van der Waals surface area contributed by atoms with E-state index in [1.807, 2.05) is 6.26 Å². The van der Waals surface area contributed by atoms with Crippen molar-refractivity contribution in [3.8, 4) is 0 Å². The number of halogens is 1. The van der Waals surface area contributed by atoms with Crippen molar-refractivity contribution in [3.63, 3.8) is 0 Å². The maximum absolute atomic E-state index is 14.1. The minimum Gasteiger partial charge on any atom is -0.311 e. The number of rotatable bonds is 6. The molecule has 3 amide bonds. The molecule has 1 saturated carbocycles. The van der Waals surface area contributed by atoms with Gasteiger partial charge in [0.25, 0.3) is 0 Å². The molecule has 0 aromatic heterocycles. The first kappa shape index (κ1) is 19.9. The highest BCUT2D eigenvalue weighted by atomic mass is 32.2. The van der Waals surface area contributed by atoms with Crippen molar-refractivity contribution < 1.29 is 18.8 Å². The molecule has 3 atom stereocenters. The Morgan fingerprint density at radius 2 is 1.81 bits per heavy atom. The number of thioether (sulfide) groups is 1. The summed E-state index contributed by atoms with van der Waals surface area (Å²) < 4.78 is 14.1. The van der Waals surface area contributed by atoms with Gasteiger partial charge < -0.3 is 4.90 Å². The molecule has 1 heterocycles. The lowest BCUT2D eigenvalue weighted by Gasteiger charge is -2.30. The summed E-state index contributed by atoms with van der Waals surface area (Å²) in [5.74, 6) is -1.35. The summed E-state index contributed by atoms with van der Waals surface area (Å²) in [6.45, 7) is 0. The summed E-state index contributed by atoms with van der Waals surface area (Å²) in [7, 11) is 1.49. The first-order valence-electron chi connectivity index (χ1n) is 9.35. The molecule has 1 aromatic rings. The number of likely N-dealkylation sites (tertiary alicyclic amines) is 1. The van der Waals surface area contributed by atoms with Crippen molar-refractivity contribution in [2.45, 2.75) is 38.1 Å². The number of para-hydroxylation sites is 1. The van der Waals surface area contributed by atoms with Gasteiger partial charge in [0, 0.05) is 7.05 Å². The van der Waals surface area contributed by atoms with Gasteiger partial charge in [0.15, 0.2) is 0 Å². The molecule has 1 aliphatic heterocycles. The Morgan fingerprint density at radius 1 is 1.22 bits per heavy atom. The Labute approximate surface area is 163 Å². The van der Waals surface area contributed by atoms with Crippen LogP contribution >= 0.6 is 11.8 Å². The third kappa shape index (κ3) is 3.74. The van der Waals surface area contributed by atoms with Crippen molar-refractivity contribution in [1.29, 1.82) is 0 Å². The maximum atomic E-state index is 14.1. The van der Waals surface area contributed by atoms with E-state index in [1.165, 1.54) is 29.0 Å². The van der Waals surface area contributed by atoms with Crippen LogP contribution in [0.3, 0.4) is 0 Å². The standard InChI is InChI=1S/C20H25FN2O3S/c1-22(16-10-6-5-9-15(16)21)20(26)17(11-12-27-2)23-18(24)13-7-3-4-8-14(13)19(23)25/h5-6,9-10,13-14,17H,3-4,7-8,11-12H2,1-2H3. The second kappa shape index (κ2) is 8.42. The lowest BCUT2D eigenvalue weighted by atomic mass is 9.81. The molecule has 3 rings (SSSR count). The van der Waals surface area contributed by atoms with E-state index in [9.17, 15) is 18.8 Å². The van der Waals surface area contributed by atoms with Crippen molar-refractivity contribution in [2.75, 3.05) is 24.0 Å². The topological polar surface area (TPSA) is 57.7 Å². The van der Waals surface area contributed by atoms with Gasteiger partial charge in [-0.2, -0.15) is 11.8 Å². The smallest absolute Gasteiger partial charge is 0.250 e. The molecule has 0 bridgehead atoms. The van der Waals surface area contributed by atoms with Gasteiger partial charge in [-0.05, 0) is 43.4 Å². The van der Waals surface area contributed by atoms with Crippen LogP contribution in [0.1, 0.15) is 32.1 Å². The zero-order chi connectivity index (χ0) is 19.6. The van der Waals surface area contributed by atoms with E-state index in [1.54, 1.807) is 23.9 Å². The fourth-order valence-corrected chi connectivity index (χ4v) is 4.61. The number of hydrogen-bond donors (Lipinski definition) is 0. The van der Waals surface area contributed by atoms with Crippen LogP contribution in [0.4, 0.5) is 10.1 Å². The number of carbonyl (C=O) groups is 3. The highest BCUT2D eigenvalue weighted by Crippen LogP contribution is 2.39. The van der Waals surface area contributed by atoms with Crippen LogP contribution in [0.25, 0.3) is 0 Å². The monoisotopic (exact) mass is 392 g/mol. The largest absolute Gasteiger partial charge is 0.311 e. The van der Waals surface area contributed by atoms with Gasteiger partial charge in [0.2, 0.25) is 17.7 Å². The first-order chi connectivity index (χ1) is 13.0. The Hall–Kier alpha value is -1.89. The summed E-state index contributed by atoms with van der Waals surface area (Å²) in [5, 5.41) is 0. The van der Waals surface area contributed by atoms with E-state index in [0.717, 1.165) is 12.8 Å². The Morgan fingerprint density at radius 3 is 2.37 bits per heavy atom. The van der Waals surface area contributed by atoms with Crippen molar-refractivity contribution in [2.24, 2.45) is 11.8 Å². The van der Waals surface area contributed by atoms with Gasteiger partial charge in [-0.25, -0.2) is 4.39 Å². The molecular formula is C20H25FN2O3S. The zero-order valence-corrected chi connectivity index (χ0v) is 16.5. The fraction of sp³-hybridized carbons (Fsp3) is 0.550. The van der Waals surface area contributed by atoms with E-state index in [0.29, 0.717) is 25.0 Å². The van der Waals surface area contributed by atoms with Crippen LogP contribution < -0.4 is 4.90 Å². The minimum atomic E-state index is -0.882. The normalized spacial score (nSPS) is 23.3. The lowest BCUT2D eigenvalue weighted by molar-refractivity contribution is -0.147. The highest BCUT2D eigenvalue weighted by Gasteiger charge is 2.52. The molecule has 1 aliphatic carbocycles. The lowest BCUT2D eigenvalue weighted by Crippen LogP contribution is -2.51. The first-order valence-corrected chi connectivity index (χ1v) is 10.7. The summed E-state index contributed by atoms with van der Waals surface area (Å²) >= 11 is 1.55. The summed E-state index contributed by atoms with van der Waals surface area (Å²) in [6.07, 6.45) is 5.57. The summed E-state index contributed by atoms with van der Waals surface area (Å²) in [5.41, 5.74) is 0.146. The molecule has 2 aliphatic rings. The molecular weight excluding hydrogens is 367 g/mol. The molecule has 2 fully saturated rings. The van der Waals surface area contributed by atoms with Gasteiger partial charge in [0.05, 0.1) is 17.5 Å². The molecule has 146 valence electrons. The van der Waals surface area contributed by atoms with Crippen molar-refractivity contribution in [1.82, 2.24) is 4.90 Å². The molecule has 0 N–H and O–H groups in total. The Bertz CT molecular complexity index is 718. The fourth-order valence-electron chi connectivity index (χ4n) is 4.15. The number of nitrogens with zero attached hydrogens (tertiary/aromatic N) is 2. The summed E-state index contributed by atoms with van der Waals surface area (Å²) in [6, 6.07) is 5.14. The predicted octanol–water partition coefficient (Wildman–Crippen LogP) is 3.09. The zero-order valence-electron chi connectivity index (χ0n) is 15.7. The molecule has 1 aromatic carbocycles. The van der Waals surface area contributed by atoms with Gasteiger partial charge >= 0.3 is 0 Å². The molecule has 0 radical (unpaired) electrons. The Kier molecular flexibility index (Phi) is 6.19. The van der Waals surface area contributed by atoms with Gasteiger partial charge in [-0.1, -0.05) is 25.0 Å². The number of carbonyl (C=O) groups excluding carboxylic acids is 3.